The average Bonchev–Trinajstić information content (AvgIpc) is 2.79. The van der Waals surface area contributed by atoms with E-state index in [-0.39, 0.29) is 12.1 Å². The summed E-state index contributed by atoms with van der Waals surface area (Å²) in [5.41, 5.74) is 10.0. The summed E-state index contributed by atoms with van der Waals surface area (Å²) in [4.78, 5) is 0. The minimum Gasteiger partial charge on any atom is -0.326 e. The van der Waals surface area contributed by atoms with Crippen LogP contribution in [0.2, 0.25) is 0 Å². The fourth-order valence-corrected chi connectivity index (χ4v) is 2.90. The van der Waals surface area contributed by atoms with Gasteiger partial charge in [-0.1, -0.05) is 6.92 Å². The highest BCUT2D eigenvalue weighted by Crippen LogP contribution is 2.30. The van der Waals surface area contributed by atoms with Gasteiger partial charge in [0.2, 0.25) is 0 Å². The molecule has 0 bridgehead atoms. The molecule has 1 saturated heterocycles. The lowest BCUT2D eigenvalue weighted by atomic mass is 9.84. The first-order valence-electron chi connectivity index (χ1n) is 6.59. The van der Waals surface area contributed by atoms with Crippen LogP contribution in [0.1, 0.15) is 30.5 Å². The molecular weight excluding hydrogens is 224 g/mol. The molecular formula is C14H20N4. The molecule has 3 rings (SSSR count). The number of piperidine rings is 1. The molecule has 1 aliphatic rings. The lowest BCUT2D eigenvalue weighted by Crippen LogP contribution is -2.47. The van der Waals surface area contributed by atoms with Crippen LogP contribution in [0.4, 0.5) is 0 Å². The minimum absolute atomic E-state index is 0.179. The third-order valence-electron chi connectivity index (χ3n) is 4.17. The van der Waals surface area contributed by atoms with Crippen LogP contribution in [-0.2, 0) is 0 Å². The summed E-state index contributed by atoms with van der Waals surface area (Å²) in [5, 5.41) is 11.8. The molecule has 0 saturated carbocycles. The van der Waals surface area contributed by atoms with Gasteiger partial charge in [0.1, 0.15) is 0 Å². The number of nitrogens with one attached hydrogen (secondary N) is 2. The van der Waals surface area contributed by atoms with E-state index in [0.717, 1.165) is 23.9 Å². The zero-order chi connectivity index (χ0) is 12.7. The van der Waals surface area contributed by atoms with Crippen LogP contribution < -0.4 is 11.1 Å². The number of fused-ring (bicyclic) bond motifs is 1. The molecule has 4 N–H and O–H groups in total. The van der Waals surface area contributed by atoms with Gasteiger partial charge in [-0.2, -0.15) is 5.10 Å². The Morgan fingerprint density at radius 2 is 2.22 bits per heavy atom. The van der Waals surface area contributed by atoms with Gasteiger partial charge in [-0.3, -0.25) is 5.10 Å². The first kappa shape index (κ1) is 11.7. The Bertz CT molecular complexity index is 560. The van der Waals surface area contributed by atoms with Crippen molar-refractivity contribution >= 4 is 10.9 Å². The van der Waals surface area contributed by atoms with Crippen LogP contribution in [0.3, 0.4) is 0 Å². The predicted octanol–water partition coefficient (Wildman–Crippen LogP) is 1.87. The maximum atomic E-state index is 6.35. The maximum absolute atomic E-state index is 6.35. The van der Waals surface area contributed by atoms with Crippen molar-refractivity contribution < 1.29 is 0 Å². The number of aromatic nitrogens is 2. The molecule has 1 aromatic heterocycles. The number of hydrogen-bond acceptors (Lipinski definition) is 3. The van der Waals surface area contributed by atoms with Gasteiger partial charge < -0.3 is 11.1 Å². The summed E-state index contributed by atoms with van der Waals surface area (Å²) in [5.74, 6) is 0.563. The predicted molar refractivity (Wildman–Crippen MR) is 73.3 cm³/mol. The fourth-order valence-electron chi connectivity index (χ4n) is 2.90. The van der Waals surface area contributed by atoms with E-state index in [1.165, 1.54) is 11.1 Å². The van der Waals surface area contributed by atoms with Crippen LogP contribution in [0.25, 0.3) is 10.9 Å². The molecule has 0 amide bonds. The number of H-pyrrole nitrogens is 1. The standard InChI is InChI=1S/C14H20N4/c1-8-3-4-16-14(13(8)15)11-6-12-10(5-9(11)2)7-17-18-12/h5-8,13-14,16H,3-4,15H2,1-2H3,(H,17,18). The van der Waals surface area contributed by atoms with Gasteiger partial charge in [-0.05, 0) is 49.1 Å². The number of nitrogens with two attached hydrogens (primary N) is 1. The summed E-state index contributed by atoms with van der Waals surface area (Å²) < 4.78 is 0. The second kappa shape index (κ2) is 4.37. The highest BCUT2D eigenvalue weighted by atomic mass is 15.1. The molecule has 96 valence electrons. The summed E-state index contributed by atoms with van der Waals surface area (Å²) in [6.45, 7) is 5.43. The Labute approximate surface area is 107 Å². The summed E-state index contributed by atoms with van der Waals surface area (Å²) in [6, 6.07) is 4.80. The molecule has 18 heavy (non-hydrogen) atoms. The Balaban J connectivity index is 2.04. The van der Waals surface area contributed by atoms with E-state index in [9.17, 15) is 0 Å². The van der Waals surface area contributed by atoms with Crippen LogP contribution in [0.15, 0.2) is 18.3 Å². The van der Waals surface area contributed by atoms with E-state index < -0.39 is 0 Å². The molecule has 3 atom stereocenters. The second-order valence-electron chi connectivity index (χ2n) is 5.44. The molecule has 0 aliphatic carbocycles. The van der Waals surface area contributed by atoms with Crippen molar-refractivity contribution in [3.05, 3.63) is 29.5 Å². The van der Waals surface area contributed by atoms with E-state index in [1.54, 1.807) is 0 Å². The van der Waals surface area contributed by atoms with E-state index in [4.69, 9.17) is 5.73 Å². The van der Waals surface area contributed by atoms with Gasteiger partial charge in [-0.25, -0.2) is 0 Å². The highest BCUT2D eigenvalue weighted by molar-refractivity contribution is 5.79. The smallest absolute Gasteiger partial charge is 0.0653 e. The number of nitrogens with zero attached hydrogens (tertiary/aromatic N) is 1. The number of benzene rings is 1. The number of hydrogen-bond donors (Lipinski definition) is 3. The van der Waals surface area contributed by atoms with Crippen molar-refractivity contribution in [2.24, 2.45) is 11.7 Å². The second-order valence-corrected chi connectivity index (χ2v) is 5.44. The zero-order valence-corrected chi connectivity index (χ0v) is 10.9. The Kier molecular flexibility index (Phi) is 2.84. The molecule has 1 fully saturated rings. The van der Waals surface area contributed by atoms with Crippen LogP contribution in [0.5, 0.6) is 0 Å². The normalized spacial score (nSPS) is 28.7. The highest BCUT2D eigenvalue weighted by Gasteiger charge is 2.29. The lowest BCUT2D eigenvalue weighted by molar-refractivity contribution is 0.274. The van der Waals surface area contributed by atoms with Crippen molar-refractivity contribution in [1.29, 1.82) is 0 Å². The molecule has 3 unspecified atom stereocenters. The van der Waals surface area contributed by atoms with E-state index >= 15 is 0 Å². The Morgan fingerprint density at radius 1 is 1.39 bits per heavy atom. The summed E-state index contributed by atoms with van der Waals surface area (Å²) >= 11 is 0. The number of aryl methyl sites for hydroxylation is 1. The van der Waals surface area contributed by atoms with E-state index in [1.807, 2.05) is 6.20 Å². The molecule has 0 spiro atoms. The fraction of sp³-hybridized carbons (Fsp3) is 0.500. The van der Waals surface area contributed by atoms with Crippen molar-refractivity contribution in [3.63, 3.8) is 0 Å². The first-order valence-corrected chi connectivity index (χ1v) is 6.59. The van der Waals surface area contributed by atoms with Gasteiger partial charge in [-0.15, -0.1) is 0 Å². The summed E-state index contributed by atoms with van der Waals surface area (Å²) in [6.07, 6.45) is 3.02. The minimum atomic E-state index is 0.179. The molecule has 0 radical (unpaired) electrons. The molecule has 2 aromatic rings. The van der Waals surface area contributed by atoms with Gasteiger partial charge in [0.15, 0.2) is 0 Å². The van der Waals surface area contributed by atoms with Crippen molar-refractivity contribution in [1.82, 2.24) is 15.5 Å². The first-order chi connectivity index (χ1) is 8.66. The van der Waals surface area contributed by atoms with Crippen LogP contribution in [-0.4, -0.2) is 22.8 Å². The van der Waals surface area contributed by atoms with Crippen molar-refractivity contribution in [2.45, 2.75) is 32.4 Å². The average molecular weight is 244 g/mol. The van der Waals surface area contributed by atoms with Crippen LogP contribution in [0, 0.1) is 12.8 Å². The number of rotatable bonds is 1. The third-order valence-corrected chi connectivity index (χ3v) is 4.17. The Morgan fingerprint density at radius 3 is 3.06 bits per heavy atom. The van der Waals surface area contributed by atoms with Gasteiger partial charge in [0.25, 0.3) is 0 Å². The monoisotopic (exact) mass is 244 g/mol. The van der Waals surface area contributed by atoms with E-state index in [0.29, 0.717) is 5.92 Å². The van der Waals surface area contributed by atoms with Crippen molar-refractivity contribution in [3.8, 4) is 0 Å². The molecule has 4 nitrogen and oxygen atoms in total. The van der Waals surface area contributed by atoms with Gasteiger partial charge >= 0.3 is 0 Å². The lowest BCUT2D eigenvalue weighted by Gasteiger charge is -2.36. The van der Waals surface area contributed by atoms with Gasteiger partial charge in [0, 0.05) is 17.5 Å². The molecule has 2 heterocycles. The molecule has 4 heteroatoms. The zero-order valence-electron chi connectivity index (χ0n) is 10.9. The van der Waals surface area contributed by atoms with Crippen molar-refractivity contribution in [2.75, 3.05) is 6.54 Å². The Hall–Kier alpha value is -1.39. The van der Waals surface area contributed by atoms with Gasteiger partial charge in [0.05, 0.1) is 11.7 Å². The SMILES string of the molecule is Cc1cc2cn[nH]c2cc1C1NCCC(C)C1N. The molecule has 1 aromatic carbocycles. The maximum Gasteiger partial charge on any atom is 0.0653 e. The topological polar surface area (TPSA) is 66.7 Å². The molecule has 1 aliphatic heterocycles. The summed E-state index contributed by atoms with van der Waals surface area (Å²) in [7, 11) is 0. The largest absolute Gasteiger partial charge is 0.326 e. The van der Waals surface area contributed by atoms with Crippen LogP contribution >= 0.6 is 0 Å². The number of aromatic amines is 1. The quantitative estimate of drug-likeness (QED) is 0.717. The third kappa shape index (κ3) is 1.82. The van der Waals surface area contributed by atoms with E-state index in [2.05, 4.69) is 41.5 Å².